The van der Waals surface area contributed by atoms with Gasteiger partial charge in [0.1, 0.15) is 6.26 Å². The fraction of sp³-hybridized carbons (Fsp3) is 0.643. The number of aromatic nitrogens is 1. The van der Waals surface area contributed by atoms with Crippen molar-refractivity contribution in [1.82, 2.24) is 9.88 Å². The second kappa shape index (κ2) is 3.68. The molecule has 1 unspecified atom stereocenters. The summed E-state index contributed by atoms with van der Waals surface area (Å²) in [5.74, 6) is 1.05. The fourth-order valence-electron chi connectivity index (χ4n) is 3.57. The Morgan fingerprint density at radius 1 is 1.47 bits per heavy atom. The highest BCUT2D eigenvalue weighted by Crippen LogP contribution is 2.65. The number of fused-ring (bicyclic) bond motifs is 1. The van der Waals surface area contributed by atoms with Crippen LogP contribution in [0.5, 0.6) is 0 Å². The maximum absolute atomic E-state index is 12.4. The first-order chi connectivity index (χ1) is 8.84. The summed E-state index contributed by atoms with van der Waals surface area (Å²) in [5, 5.41) is 0. The second-order valence-corrected chi connectivity index (χ2v) is 6.22. The van der Waals surface area contributed by atoms with Gasteiger partial charge < -0.3 is 9.32 Å². The molecule has 0 N–H and O–H groups in total. The molecule has 1 amide bonds. The SMILES string of the molecule is CC(=O)[C@@H]1[C@@H]2C(CN1C(=O)c1coc(C)n1)C2(C)C. The van der Waals surface area contributed by atoms with Gasteiger partial charge in [-0.3, -0.25) is 9.59 Å². The molecule has 0 spiro atoms. The van der Waals surface area contributed by atoms with Gasteiger partial charge in [-0.25, -0.2) is 4.98 Å². The van der Waals surface area contributed by atoms with E-state index in [-0.39, 0.29) is 23.1 Å². The van der Waals surface area contributed by atoms with E-state index in [0.717, 1.165) is 0 Å². The summed E-state index contributed by atoms with van der Waals surface area (Å²) >= 11 is 0. The summed E-state index contributed by atoms with van der Waals surface area (Å²) < 4.78 is 5.08. The molecular weight excluding hydrogens is 244 g/mol. The largest absolute Gasteiger partial charge is 0.448 e. The predicted molar refractivity (Wildman–Crippen MR) is 67.5 cm³/mol. The van der Waals surface area contributed by atoms with Crippen LogP contribution in [0.1, 0.15) is 37.2 Å². The first-order valence-corrected chi connectivity index (χ1v) is 6.57. The Morgan fingerprint density at radius 2 is 2.16 bits per heavy atom. The Labute approximate surface area is 112 Å². The zero-order valence-corrected chi connectivity index (χ0v) is 11.6. The minimum Gasteiger partial charge on any atom is -0.448 e. The molecule has 1 aliphatic heterocycles. The molecule has 3 atom stereocenters. The first-order valence-electron chi connectivity index (χ1n) is 6.57. The highest BCUT2D eigenvalue weighted by Gasteiger charge is 2.68. The lowest BCUT2D eigenvalue weighted by Crippen LogP contribution is -2.44. The van der Waals surface area contributed by atoms with Crippen LogP contribution in [0.15, 0.2) is 10.7 Å². The van der Waals surface area contributed by atoms with Gasteiger partial charge >= 0.3 is 0 Å². The van der Waals surface area contributed by atoms with Crippen molar-refractivity contribution >= 4 is 11.7 Å². The van der Waals surface area contributed by atoms with E-state index in [2.05, 4.69) is 18.8 Å². The van der Waals surface area contributed by atoms with Crippen molar-refractivity contribution in [3.8, 4) is 0 Å². The van der Waals surface area contributed by atoms with Crippen LogP contribution in [-0.4, -0.2) is 34.2 Å². The van der Waals surface area contributed by atoms with Gasteiger partial charge in [-0.1, -0.05) is 13.8 Å². The molecule has 5 nitrogen and oxygen atoms in total. The molecule has 3 rings (SSSR count). The third-order valence-electron chi connectivity index (χ3n) is 4.72. The number of oxazole rings is 1. The number of ketones is 1. The van der Waals surface area contributed by atoms with E-state index in [4.69, 9.17) is 4.42 Å². The van der Waals surface area contributed by atoms with Crippen LogP contribution in [-0.2, 0) is 4.79 Å². The maximum Gasteiger partial charge on any atom is 0.276 e. The highest BCUT2D eigenvalue weighted by molar-refractivity contribution is 5.97. The van der Waals surface area contributed by atoms with Crippen LogP contribution in [0.4, 0.5) is 0 Å². The van der Waals surface area contributed by atoms with Crippen LogP contribution in [0, 0.1) is 24.2 Å². The number of piperidine rings is 1. The molecule has 1 aliphatic carbocycles. The molecule has 5 heteroatoms. The van der Waals surface area contributed by atoms with E-state index >= 15 is 0 Å². The topological polar surface area (TPSA) is 63.4 Å². The number of amides is 1. The van der Waals surface area contributed by atoms with Crippen molar-refractivity contribution < 1.29 is 14.0 Å². The van der Waals surface area contributed by atoms with Crippen LogP contribution in [0.3, 0.4) is 0 Å². The summed E-state index contributed by atoms with van der Waals surface area (Å²) in [6.07, 6.45) is 1.37. The third-order valence-corrected chi connectivity index (χ3v) is 4.72. The van der Waals surface area contributed by atoms with Gasteiger partial charge in [0, 0.05) is 13.5 Å². The lowest BCUT2D eigenvalue weighted by molar-refractivity contribution is -0.121. The van der Waals surface area contributed by atoms with Crippen molar-refractivity contribution in [2.75, 3.05) is 6.54 Å². The van der Waals surface area contributed by atoms with E-state index in [1.165, 1.54) is 6.26 Å². The monoisotopic (exact) mass is 262 g/mol. The smallest absolute Gasteiger partial charge is 0.276 e. The van der Waals surface area contributed by atoms with Gasteiger partial charge in [0.25, 0.3) is 5.91 Å². The number of hydrogen-bond acceptors (Lipinski definition) is 4. The zero-order chi connectivity index (χ0) is 13.9. The number of Topliss-reactive ketones (excluding diaryl/α,β-unsaturated/α-hetero) is 1. The van der Waals surface area contributed by atoms with Gasteiger partial charge in [0.05, 0.1) is 6.04 Å². The predicted octanol–water partition coefficient (Wildman–Crippen LogP) is 1.67. The van der Waals surface area contributed by atoms with E-state index < -0.39 is 0 Å². The molecule has 2 fully saturated rings. The van der Waals surface area contributed by atoms with Gasteiger partial charge in [-0.05, 0) is 24.2 Å². The van der Waals surface area contributed by atoms with E-state index in [0.29, 0.717) is 30.0 Å². The van der Waals surface area contributed by atoms with E-state index in [1.54, 1.807) is 18.7 Å². The maximum atomic E-state index is 12.4. The quantitative estimate of drug-likeness (QED) is 0.813. The number of nitrogens with zero attached hydrogens (tertiary/aromatic N) is 2. The molecule has 0 aromatic carbocycles. The Kier molecular flexibility index (Phi) is 2.40. The van der Waals surface area contributed by atoms with E-state index in [9.17, 15) is 9.59 Å². The summed E-state index contributed by atoms with van der Waals surface area (Å²) in [7, 11) is 0. The zero-order valence-electron chi connectivity index (χ0n) is 11.6. The molecule has 1 aromatic rings. The molecule has 0 bridgehead atoms. The number of likely N-dealkylation sites (tertiary alicyclic amines) is 1. The van der Waals surface area contributed by atoms with Gasteiger partial charge in [-0.2, -0.15) is 0 Å². The summed E-state index contributed by atoms with van der Waals surface area (Å²) in [5.41, 5.74) is 0.468. The Balaban J connectivity index is 1.86. The lowest BCUT2D eigenvalue weighted by atomic mass is 9.98. The molecule has 1 saturated heterocycles. The van der Waals surface area contributed by atoms with Crippen LogP contribution in [0.25, 0.3) is 0 Å². The molecule has 19 heavy (non-hydrogen) atoms. The number of hydrogen-bond donors (Lipinski definition) is 0. The molecule has 2 aliphatic rings. The fourth-order valence-corrected chi connectivity index (χ4v) is 3.57. The third kappa shape index (κ3) is 1.64. The molecule has 1 saturated carbocycles. The minimum atomic E-state index is -0.301. The lowest BCUT2D eigenvalue weighted by Gasteiger charge is -2.28. The Morgan fingerprint density at radius 3 is 2.68 bits per heavy atom. The highest BCUT2D eigenvalue weighted by atomic mass is 16.3. The van der Waals surface area contributed by atoms with Crippen molar-refractivity contribution in [3.63, 3.8) is 0 Å². The number of carbonyl (C=O) groups excluding carboxylic acids is 2. The van der Waals surface area contributed by atoms with E-state index in [1.807, 2.05) is 0 Å². The summed E-state index contributed by atoms with van der Waals surface area (Å²) in [6, 6.07) is -0.301. The molecule has 2 heterocycles. The standard InChI is InChI=1S/C14H18N2O3/c1-7(17)12-11-9(14(11,3)4)5-16(12)13(18)10-6-19-8(2)15-10/h6,9,11-12H,5H2,1-4H3/t9?,11-,12+/m0/s1. The van der Waals surface area contributed by atoms with Gasteiger partial charge in [0.2, 0.25) is 0 Å². The molecule has 1 aromatic heterocycles. The van der Waals surface area contributed by atoms with Crippen molar-refractivity contribution in [2.45, 2.75) is 33.7 Å². The Hall–Kier alpha value is -1.65. The number of aryl methyl sites for hydroxylation is 1. The molecular formula is C14H18N2O3. The Bertz CT molecular complexity index is 561. The normalized spacial score (nSPS) is 31.2. The van der Waals surface area contributed by atoms with Crippen molar-refractivity contribution in [3.05, 3.63) is 17.8 Å². The number of rotatable bonds is 2. The molecule has 0 radical (unpaired) electrons. The van der Waals surface area contributed by atoms with Gasteiger partial charge in [-0.15, -0.1) is 0 Å². The van der Waals surface area contributed by atoms with Crippen molar-refractivity contribution in [2.24, 2.45) is 17.3 Å². The van der Waals surface area contributed by atoms with Crippen molar-refractivity contribution in [1.29, 1.82) is 0 Å². The average Bonchev–Trinajstić information content (AvgIpc) is 2.78. The van der Waals surface area contributed by atoms with Crippen LogP contribution >= 0.6 is 0 Å². The number of carbonyl (C=O) groups is 2. The van der Waals surface area contributed by atoms with Crippen LogP contribution in [0.2, 0.25) is 0 Å². The first kappa shape index (κ1) is 12.4. The summed E-state index contributed by atoms with van der Waals surface area (Å²) in [4.78, 5) is 30.0. The molecule has 102 valence electrons. The second-order valence-electron chi connectivity index (χ2n) is 6.22. The average molecular weight is 262 g/mol. The summed E-state index contributed by atoms with van der Waals surface area (Å²) in [6.45, 7) is 8.24. The minimum absolute atomic E-state index is 0.0617. The van der Waals surface area contributed by atoms with Gasteiger partial charge in [0.15, 0.2) is 17.4 Å². The van der Waals surface area contributed by atoms with Crippen LogP contribution < -0.4 is 0 Å².